The second-order valence-corrected chi connectivity index (χ2v) is 3.36. The lowest BCUT2D eigenvalue weighted by molar-refractivity contribution is -0.111. The number of rotatable bonds is 2. The Kier molecular flexibility index (Phi) is 2.56. The fourth-order valence-corrected chi connectivity index (χ4v) is 1.67. The zero-order valence-electron chi connectivity index (χ0n) is 7.53. The van der Waals surface area contributed by atoms with Gasteiger partial charge in [0.15, 0.2) is 0 Å². The number of halogens is 1. The average Bonchev–Trinajstić information content (AvgIpc) is 2.65. The number of carbonyl (C=O) groups excluding carboxylic acids is 1. The minimum absolute atomic E-state index is 0.122. The van der Waals surface area contributed by atoms with E-state index in [0.29, 0.717) is 6.54 Å². The summed E-state index contributed by atoms with van der Waals surface area (Å²) in [5.41, 5.74) is 6.64. The van der Waals surface area contributed by atoms with Gasteiger partial charge in [0.05, 0.1) is 6.04 Å². The fourth-order valence-electron chi connectivity index (χ4n) is 1.67. The van der Waals surface area contributed by atoms with Crippen molar-refractivity contribution in [3.05, 3.63) is 35.6 Å². The van der Waals surface area contributed by atoms with E-state index in [4.69, 9.17) is 0 Å². The fraction of sp³-hybridized carbons (Fsp3) is 0.300. The van der Waals surface area contributed by atoms with E-state index >= 15 is 0 Å². The second kappa shape index (κ2) is 3.86. The monoisotopic (exact) mass is 194 g/mol. The Morgan fingerprint density at radius 1 is 1.50 bits per heavy atom. The summed E-state index contributed by atoms with van der Waals surface area (Å²) in [5, 5.41) is 0. The first-order valence-electron chi connectivity index (χ1n) is 4.50. The third-order valence-electron chi connectivity index (χ3n) is 2.41. The minimum atomic E-state index is -0.277. The van der Waals surface area contributed by atoms with Crippen LogP contribution in [0.1, 0.15) is 11.6 Å². The Bertz CT molecular complexity index is 343. The lowest BCUT2D eigenvalue weighted by atomic mass is 9.96. The molecule has 1 aliphatic heterocycles. The number of hydrogen-bond donors (Lipinski definition) is 2. The van der Waals surface area contributed by atoms with Gasteiger partial charge < -0.3 is 4.79 Å². The van der Waals surface area contributed by atoms with E-state index < -0.39 is 0 Å². The number of aldehydes is 1. The molecule has 74 valence electrons. The topological polar surface area (TPSA) is 41.1 Å². The number of hydrazine groups is 1. The maximum Gasteiger partial charge on any atom is 0.126 e. The lowest BCUT2D eigenvalue weighted by Gasteiger charge is -2.13. The van der Waals surface area contributed by atoms with Gasteiger partial charge in [0.1, 0.15) is 12.1 Å². The maximum absolute atomic E-state index is 12.9. The van der Waals surface area contributed by atoms with E-state index in [1.54, 1.807) is 6.07 Å². The Hall–Kier alpha value is -1.26. The largest absolute Gasteiger partial charge is 0.303 e. The van der Waals surface area contributed by atoms with Crippen molar-refractivity contribution in [3.63, 3.8) is 0 Å². The molecule has 2 unspecified atom stereocenters. The van der Waals surface area contributed by atoms with Gasteiger partial charge in [0.25, 0.3) is 0 Å². The molecule has 0 saturated carbocycles. The molecule has 3 nitrogen and oxygen atoms in total. The van der Waals surface area contributed by atoms with Crippen molar-refractivity contribution >= 4 is 6.29 Å². The summed E-state index contributed by atoms with van der Waals surface area (Å²) < 4.78 is 12.9. The highest BCUT2D eigenvalue weighted by Crippen LogP contribution is 2.23. The molecule has 0 spiro atoms. The van der Waals surface area contributed by atoms with Gasteiger partial charge in [0.2, 0.25) is 0 Å². The molecule has 1 heterocycles. The van der Waals surface area contributed by atoms with Crippen molar-refractivity contribution in [2.24, 2.45) is 5.92 Å². The number of benzene rings is 1. The second-order valence-electron chi connectivity index (χ2n) is 3.36. The normalized spacial score (nSPS) is 26.4. The molecular weight excluding hydrogens is 183 g/mol. The maximum atomic E-state index is 12.9. The van der Waals surface area contributed by atoms with E-state index in [9.17, 15) is 9.18 Å². The van der Waals surface area contributed by atoms with Gasteiger partial charge in [0, 0.05) is 12.5 Å². The van der Waals surface area contributed by atoms with Gasteiger partial charge in [-0.2, -0.15) is 0 Å². The van der Waals surface area contributed by atoms with Gasteiger partial charge in [-0.3, -0.25) is 5.43 Å². The summed E-state index contributed by atoms with van der Waals surface area (Å²) >= 11 is 0. The first kappa shape index (κ1) is 9.30. The summed E-state index contributed by atoms with van der Waals surface area (Å²) in [5.74, 6) is -0.405. The lowest BCUT2D eigenvalue weighted by Crippen LogP contribution is -2.25. The zero-order valence-corrected chi connectivity index (χ0v) is 7.53. The molecule has 1 saturated heterocycles. The molecule has 0 radical (unpaired) electrons. The zero-order chi connectivity index (χ0) is 9.97. The third kappa shape index (κ3) is 1.66. The van der Waals surface area contributed by atoms with Gasteiger partial charge in [-0.15, -0.1) is 0 Å². The van der Waals surface area contributed by atoms with Gasteiger partial charge in [-0.05, 0) is 17.7 Å². The molecule has 0 bridgehead atoms. The molecule has 2 N–H and O–H groups in total. The van der Waals surface area contributed by atoms with Crippen molar-refractivity contribution in [2.45, 2.75) is 6.04 Å². The molecular formula is C10H11FN2O. The van der Waals surface area contributed by atoms with Crippen molar-refractivity contribution in [1.29, 1.82) is 0 Å². The first-order valence-corrected chi connectivity index (χ1v) is 4.50. The third-order valence-corrected chi connectivity index (χ3v) is 2.41. The molecule has 4 heteroatoms. The van der Waals surface area contributed by atoms with Crippen molar-refractivity contribution < 1.29 is 9.18 Å². The van der Waals surface area contributed by atoms with Crippen LogP contribution in [0.25, 0.3) is 0 Å². The highest BCUT2D eigenvalue weighted by Gasteiger charge is 2.27. The molecule has 1 aromatic rings. The van der Waals surface area contributed by atoms with Crippen LogP contribution >= 0.6 is 0 Å². The van der Waals surface area contributed by atoms with Crippen molar-refractivity contribution in [2.75, 3.05) is 6.54 Å². The van der Waals surface area contributed by atoms with Crippen LogP contribution in [0.15, 0.2) is 24.3 Å². The Morgan fingerprint density at radius 2 is 2.36 bits per heavy atom. The van der Waals surface area contributed by atoms with Crippen LogP contribution in [0, 0.1) is 11.7 Å². The van der Waals surface area contributed by atoms with E-state index in [0.717, 1.165) is 11.8 Å². The highest BCUT2D eigenvalue weighted by atomic mass is 19.1. The summed E-state index contributed by atoms with van der Waals surface area (Å²) in [7, 11) is 0. The summed E-state index contributed by atoms with van der Waals surface area (Å²) in [6.07, 6.45) is 0.891. The quantitative estimate of drug-likeness (QED) is 0.684. The Morgan fingerprint density at radius 3 is 3.07 bits per heavy atom. The van der Waals surface area contributed by atoms with Gasteiger partial charge in [-0.25, -0.2) is 9.82 Å². The SMILES string of the molecule is O=CC1CNNC1c1cccc(F)c1. The molecule has 0 amide bonds. The number of nitrogens with one attached hydrogen (secondary N) is 2. The summed E-state index contributed by atoms with van der Waals surface area (Å²) in [4.78, 5) is 10.7. The molecule has 2 atom stereocenters. The van der Waals surface area contributed by atoms with Gasteiger partial charge >= 0.3 is 0 Å². The van der Waals surface area contributed by atoms with Gasteiger partial charge in [-0.1, -0.05) is 12.1 Å². The predicted molar refractivity (Wildman–Crippen MR) is 49.8 cm³/mol. The molecule has 1 aromatic carbocycles. The van der Waals surface area contributed by atoms with Crippen LogP contribution in [0.5, 0.6) is 0 Å². The summed E-state index contributed by atoms with van der Waals surface area (Å²) in [6.45, 7) is 0.588. The number of hydrogen-bond acceptors (Lipinski definition) is 3. The van der Waals surface area contributed by atoms with Crippen LogP contribution in [0.2, 0.25) is 0 Å². The number of carbonyl (C=O) groups is 1. The Balaban J connectivity index is 2.25. The average molecular weight is 194 g/mol. The highest BCUT2D eigenvalue weighted by molar-refractivity contribution is 5.56. The van der Waals surface area contributed by atoms with Crippen LogP contribution in [0.3, 0.4) is 0 Å². The first-order chi connectivity index (χ1) is 6.81. The minimum Gasteiger partial charge on any atom is -0.303 e. The molecule has 2 rings (SSSR count). The molecule has 1 aliphatic rings. The van der Waals surface area contributed by atoms with Crippen LogP contribution in [-0.2, 0) is 4.79 Å². The smallest absolute Gasteiger partial charge is 0.126 e. The summed E-state index contributed by atoms with van der Waals surface area (Å²) in [6, 6.07) is 6.17. The Labute approximate surface area is 81.3 Å². The van der Waals surface area contributed by atoms with Crippen molar-refractivity contribution in [3.8, 4) is 0 Å². The van der Waals surface area contributed by atoms with E-state index in [-0.39, 0.29) is 17.8 Å². The van der Waals surface area contributed by atoms with E-state index in [1.807, 2.05) is 6.07 Å². The van der Waals surface area contributed by atoms with E-state index in [1.165, 1.54) is 12.1 Å². The molecule has 0 aliphatic carbocycles. The standard InChI is InChI=1S/C10H11FN2O/c11-9-3-1-2-7(4-9)10-8(6-14)5-12-13-10/h1-4,6,8,10,12-13H,5H2. The molecule has 0 aromatic heterocycles. The van der Waals surface area contributed by atoms with E-state index in [2.05, 4.69) is 10.9 Å². The molecule has 14 heavy (non-hydrogen) atoms. The van der Waals surface area contributed by atoms with Crippen LogP contribution < -0.4 is 10.9 Å². The molecule has 1 fully saturated rings. The van der Waals surface area contributed by atoms with Crippen LogP contribution in [0.4, 0.5) is 4.39 Å². The van der Waals surface area contributed by atoms with Crippen molar-refractivity contribution in [1.82, 2.24) is 10.9 Å². The van der Waals surface area contributed by atoms with Crippen LogP contribution in [-0.4, -0.2) is 12.8 Å². The predicted octanol–water partition coefficient (Wildman–Crippen LogP) is 0.790.